The summed E-state index contributed by atoms with van der Waals surface area (Å²) < 4.78 is 18.7. The summed E-state index contributed by atoms with van der Waals surface area (Å²) in [4.78, 5) is 13.3. The molecular weight excluding hydrogens is 474 g/mol. The molecule has 0 radical (unpaired) electrons. The molecule has 154 valence electrons. The Balaban J connectivity index is 1.75. The number of nitrogens with zero attached hydrogens (tertiary/aromatic N) is 3. The largest absolute Gasteiger partial charge is 0.493 e. The van der Waals surface area contributed by atoms with E-state index in [4.69, 9.17) is 14.2 Å². The summed E-state index contributed by atoms with van der Waals surface area (Å²) in [6.07, 6.45) is 0. The molecule has 0 aliphatic heterocycles. The molecule has 2 heterocycles. The molecule has 4 aromatic rings. The molecule has 0 atom stereocenters. The van der Waals surface area contributed by atoms with Crippen molar-refractivity contribution in [1.82, 2.24) is 20.6 Å². The maximum atomic E-state index is 12.9. The summed E-state index contributed by atoms with van der Waals surface area (Å²) in [5, 5.41) is 16.6. The van der Waals surface area contributed by atoms with E-state index in [2.05, 4.69) is 41.9 Å². The Bertz CT molecular complexity index is 1200. The second-order valence-electron chi connectivity index (χ2n) is 6.07. The van der Waals surface area contributed by atoms with Crippen molar-refractivity contribution in [2.75, 3.05) is 19.5 Å². The molecular formula is C19H16BrN5O4S. The van der Waals surface area contributed by atoms with Gasteiger partial charge >= 0.3 is 0 Å². The van der Waals surface area contributed by atoms with Gasteiger partial charge < -0.3 is 14.2 Å². The maximum Gasteiger partial charge on any atom is 0.272 e. The van der Waals surface area contributed by atoms with Crippen molar-refractivity contribution in [2.45, 2.75) is 6.61 Å². The second-order valence-corrected chi connectivity index (χ2v) is 8.04. The summed E-state index contributed by atoms with van der Waals surface area (Å²) in [6, 6.07) is 11.4. The lowest BCUT2D eigenvalue weighted by atomic mass is 10.2. The summed E-state index contributed by atoms with van der Waals surface area (Å²) in [5.74, 6) is 1.22. The normalized spacial score (nSPS) is 10.8. The average molecular weight is 490 g/mol. The molecule has 0 aliphatic rings. The van der Waals surface area contributed by atoms with E-state index in [1.165, 1.54) is 11.3 Å². The Morgan fingerprint density at radius 3 is 2.70 bits per heavy atom. The zero-order chi connectivity index (χ0) is 21.1. The van der Waals surface area contributed by atoms with Crippen molar-refractivity contribution >= 4 is 49.2 Å². The number of aromatic nitrogens is 4. The lowest BCUT2D eigenvalue weighted by Gasteiger charge is -2.10. The number of rotatable bonds is 7. The Hall–Kier alpha value is -3.18. The van der Waals surface area contributed by atoms with Crippen molar-refractivity contribution in [1.29, 1.82) is 0 Å². The molecule has 0 spiro atoms. The van der Waals surface area contributed by atoms with Gasteiger partial charge in [0.25, 0.3) is 11.9 Å². The zero-order valence-corrected chi connectivity index (χ0v) is 18.3. The van der Waals surface area contributed by atoms with E-state index in [0.29, 0.717) is 22.1 Å². The summed E-state index contributed by atoms with van der Waals surface area (Å²) in [5.41, 5.74) is 0.953. The number of nitrogens with one attached hydrogen (secondary N) is 2. The van der Waals surface area contributed by atoms with Crippen LogP contribution in [0.25, 0.3) is 10.1 Å². The van der Waals surface area contributed by atoms with Crippen LogP contribution in [0.5, 0.6) is 17.2 Å². The minimum Gasteiger partial charge on any atom is -0.493 e. The molecule has 2 aromatic heterocycles. The molecule has 0 saturated heterocycles. The first kappa shape index (κ1) is 20.1. The van der Waals surface area contributed by atoms with Crippen LogP contribution in [0.4, 0.5) is 5.95 Å². The number of carbonyl (C=O) groups is 1. The summed E-state index contributed by atoms with van der Waals surface area (Å²) in [7, 11) is 3.12. The summed E-state index contributed by atoms with van der Waals surface area (Å²) in [6.45, 7) is 0.280. The highest BCUT2D eigenvalue weighted by atomic mass is 79.9. The topological polar surface area (TPSA) is 111 Å². The monoisotopic (exact) mass is 489 g/mol. The molecule has 0 fully saturated rings. The number of anilines is 1. The van der Waals surface area contributed by atoms with Crippen molar-refractivity contribution in [3.05, 3.63) is 51.3 Å². The predicted octanol–water partition coefficient (Wildman–Crippen LogP) is 4.03. The number of ether oxygens (including phenoxy) is 3. The van der Waals surface area contributed by atoms with Crippen molar-refractivity contribution in [2.24, 2.45) is 0 Å². The van der Waals surface area contributed by atoms with Crippen LogP contribution in [-0.2, 0) is 6.61 Å². The molecule has 0 bridgehead atoms. The smallest absolute Gasteiger partial charge is 0.272 e. The quantitative estimate of drug-likeness (QED) is 0.403. The van der Waals surface area contributed by atoms with Gasteiger partial charge in [-0.15, -0.1) is 16.4 Å². The van der Waals surface area contributed by atoms with Crippen LogP contribution >= 0.6 is 27.3 Å². The van der Waals surface area contributed by atoms with E-state index < -0.39 is 5.91 Å². The van der Waals surface area contributed by atoms with E-state index in [9.17, 15) is 4.79 Å². The first-order valence-electron chi connectivity index (χ1n) is 8.69. The predicted molar refractivity (Wildman–Crippen MR) is 116 cm³/mol. The molecule has 2 aromatic carbocycles. The van der Waals surface area contributed by atoms with Gasteiger partial charge in [0.05, 0.1) is 14.2 Å². The van der Waals surface area contributed by atoms with Crippen LogP contribution in [0.1, 0.15) is 15.2 Å². The number of hydrogen-bond acceptors (Lipinski definition) is 8. The van der Waals surface area contributed by atoms with Crippen LogP contribution in [0.15, 0.2) is 40.9 Å². The third kappa shape index (κ3) is 4.07. The van der Waals surface area contributed by atoms with Gasteiger partial charge in [-0.25, -0.2) is 0 Å². The van der Waals surface area contributed by atoms with E-state index >= 15 is 0 Å². The van der Waals surface area contributed by atoms with Crippen LogP contribution in [0.2, 0.25) is 0 Å². The molecule has 30 heavy (non-hydrogen) atoms. The minimum atomic E-state index is -0.403. The van der Waals surface area contributed by atoms with Gasteiger partial charge in [-0.2, -0.15) is 5.21 Å². The number of H-pyrrole nitrogens is 1. The Morgan fingerprint density at radius 2 is 2.00 bits per heavy atom. The van der Waals surface area contributed by atoms with E-state index in [0.717, 1.165) is 20.1 Å². The van der Waals surface area contributed by atoms with Crippen molar-refractivity contribution in [3.8, 4) is 17.2 Å². The van der Waals surface area contributed by atoms with E-state index in [-0.39, 0.29) is 12.6 Å². The molecule has 2 N–H and O–H groups in total. The third-order valence-electron chi connectivity index (χ3n) is 4.20. The fourth-order valence-electron chi connectivity index (χ4n) is 2.85. The number of halogens is 1. The van der Waals surface area contributed by atoms with Gasteiger partial charge in [-0.05, 0) is 29.0 Å². The fourth-order valence-corrected chi connectivity index (χ4v) is 4.35. The van der Waals surface area contributed by atoms with Crippen LogP contribution in [0.3, 0.4) is 0 Å². The zero-order valence-electron chi connectivity index (χ0n) is 15.9. The van der Waals surface area contributed by atoms with Gasteiger partial charge in [0, 0.05) is 20.6 Å². The molecule has 11 heteroatoms. The Kier molecular flexibility index (Phi) is 5.81. The minimum absolute atomic E-state index is 0.0746. The molecule has 0 unspecified atom stereocenters. The standard InChI is InChI=1S/C19H16BrN5O4S/c1-27-13-7-12-15(8-14(13)28-2)30-17(18(26)21-19-22-24-25-23-19)16(12)29-9-10-4-3-5-11(20)6-10/h3-8H,9H2,1-2H3,(H2,21,22,23,24,25,26). The van der Waals surface area contributed by atoms with Crippen LogP contribution in [0, 0.1) is 0 Å². The number of benzene rings is 2. The van der Waals surface area contributed by atoms with E-state index in [1.54, 1.807) is 20.3 Å². The van der Waals surface area contributed by atoms with Gasteiger partial charge in [0.15, 0.2) is 17.2 Å². The highest BCUT2D eigenvalue weighted by Gasteiger charge is 2.23. The lowest BCUT2D eigenvalue weighted by Crippen LogP contribution is -2.13. The number of carbonyl (C=O) groups excluding carboxylic acids is 1. The fraction of sp³-hybridized carbons (Fsp3) is 0.158. The molecule has 1 amide bonds. The average Bonchev–Trinajstić information content (AvgIpc) is 3.38. The number of thiophene rings is 1. The SMILES string of the molecule is COc1cc2sc(C(=O)Nc3nn[nH]n3)c(OCc3cccc(Br)c3)c2cc1OC. The number of tetrazole rings is 1. The van der Waals surface area contributed by atoms with E-state index in [1.807, 2.05) is 30.3 Å². The maximum absolute atomic E-state index is 12.9. The van der Waals surface area contributed by atoms with Crippen LogP contribution in [-0.4, -0.2) is 40.8 Å². The number of methoxy groups -OCH3 is 2. The lowest BCUT2D eigenvalue weighted by molar-refractivity contribution is 0.102. The highest BCUT2D eigenvalue weighted by molar-refractivity contribution is 9.10. The molecule has 9 nitrogen and oxygen atoms in total. The van der Waals surface area contributed by atoms with Gasteiger partial charge in [-0.1, -0.05) is 33.2 Å². The number of aromatic amines is 1. The van der Waals surface area contributed by atoms with Crippen molar-refractivity contribution < 1.29 is 19.0 Å². The number of hydrogen-bond donors (Lipinski definition) is 2. The van der Waals surface area contributed by atoms with Gasteiger partial charge in [0.1, 0.15) is 11.5 Å². The highest BCUT2D eigenvalue weighted by Crippen LogP contribution is 2.44. The molecule has 0 saturated carbocycles. The van der Waals surface area contributed by atoms with Crippen LogP contribution < -0.4 is 19.5 Å². The summed E-state index contributed by atoms with van der Waals surface area (Å²) >= 11 is 4.73. The molecule has 0 aliphatic carbocycles. The first-order chi connectivity index (χ1) is 14.6. The third-order valence-corrected chi connectivity index (χ3v) is 5.82. The number of fused-ring (bicyclic) bond motifs is 1. The van der Waals surface area contributed by atoms with Gasteiger partial charge in [-0.3, -0.25) is 10.1 Å². The number of amides is 1. The molecule has 4 rings (SSSR count). The Labute approximate surface area is 183 Å². The van der Waals surface area contributed by atoms with Gasteiger partial charge in [0.2, 0.25) is 0 Å². The Morgan fingerprint density at radius 1 is 1.20 bits per heavy atom. The second kappa shape index (κ2) is 8.67. The first-order valence-corrected chi connectivity index (χ1v) is 10.3. The van der Waals surface area contributed by atoms with Crippen molar-refractivity contribution in [3.63, 3.8) is 0 Å².